The Labute approximate surface area is 111 Å². The van der Waals surface area contributed by atoms with E-state index in [-0.39, 0.29) is 11.3 Å². The number of amides is 1. The molecule has 0 radical (unpaired) electrons. The third kappa shape index (κ3) is 3.60. The molecule has 3 nitrogen and oxygen atoms in total. The van der Waals surface area contributed by atoms with Crippen LogP contribution in [0.5, 0.6) is 0 Å². The molecule has 0 aliphatic heterocycles. The van der Waals surface area contributed by atoms with Gasteiger partial charge in [-0.1, -0.05) is 50.0 Å². The first-order valence-electron chi connectivity index (χ1n) is 5.24. The molecule has 1 amide bonds. The predicted molar refractivity (Wildman–Crippen MR) is 72.5 cm³/mol. The monoisotopic (exact) mass is 274 g/mol. The van der Waals surface area contributed by atoms with E-state index < -0.39 is 6.04 Å². The Balaban J connectivity index is 2.89. The average Bonchev–Trinajstić information content (AvgIpc) is 2.21. The lowest BCUT2D eigenvalue weighted by molar-refractivity contribution is -0.119. The Morgan fingerprint density at radius 1 is 1.29 bits per heavy atom. The Kier molecular flexibility index (Phi) is 4.42. The lowest BCUT2D eigenvalue weighted by atomic mass is 9.87. The number of carbonyl (C=O) groups excluding carboxylic acids is 1. The maximum atomic E-state index is 11.9. The van der Waals surface area contributed by atoms with Crippen molar-refractivity contribution in [3.8, 4) is 0 Å². The van der Waals surface area contributed by atoms with E-state index in [9.17, 15) is 4.79 Å². The van der Waals surface area contributed by atoms with Crippen LogP contribution in [0.4, 0.5) is 5.69 Å². The second-order valence-corrected chi connectivity index (χ2v) is 5.74. The van der Waals surface area contributed by atoms with Crippen molar-refractivity contribution in [1.29, 1.82) is 0 Å². The Morgan fingerprint density at radius 3 is 2.18 bits per heavy atom. The molecule has 0 aromatic heterocycles. The first kappa shape index (κ1) is 14.3. The number of nitrogens with one attached hydrogen (secondary N) is 1. The summed E-state index contributed by atoms with van der Waals surface area (Å²) in [7, 11) is 0. The normalized spacial score (nSPS) is 13.3. The summed E-state index contributed by atoms with van der Waals surface area (Å²) in [5.74, 6) is -0.299. The molecule has 1 rings (SSSR count). The number of rotatable bonds is 2. The summed E-state index contributed by atoms with van der Waals surface area (Å²) in [6, 6.07) is 4.40. The van der Waals surface area contributed by atoms with Crippen molar-refractivity contribution < 1.29 is 4.79 Å². The molecule has 0 unspecified atom stereocenters. The van der Waals surface area contributed by atoms with Gasteiger partial charge in [-0.25, -0.2) is 0 Å². The van der Waals surface area contributed by atoms with Crippen LogP contribution in [-0.4, -0.2) is 11.9 Å². The van der Waals surface area contributed by atoms with E-state index in [1.807, 2.05) is 20.8 Å². The molecule has 1 aromatic rings. The Bertz CT molecular complexity index is 407. The van der Waals surface area contributed by atoms with Gasteiger partial charge in [0, 0.05) is 0 Å². The van der Waals surface area contributed by atoms with E-state index in [0.717, 1.165) is 0 Å². The molecular formula is C12H16Cl2N2O. The van der Waals surface area contributed by atoms with E-state index in [1.165, 1.54) is 0 Å². The molecule has 1 atom stereocenters. The summed E-state index contributed by atoms with van der Waals surface area (Å²) in [5, 5.41) is 3.45. The average molecular weight is 275 g/mol. The lowest BCUT2D eigenvalue weighted by Gasteiger charge is -2.26. The molecule has 0 saturated heterocycles. The van der Waals surface area contributed by atoms with Crippen LogP contribution in [0.2, 0.25) is 10.0 Å². The number of benzene rings is 1. The zero-order valence-electron chi connectivity index (χ0n) is 10.1. The zero-order valence-corrected chi connectivity index (χ0v) is 11.6. The van der Waals surface area contributed by atoms with Crippen LogP contribution in [0, 0.1) is 5.41 Å². The quantitative estimate of drug-likeness (QED) is 0.870. The third-order valence-corrected chi connectivity index (χ3v) is 3.06. The topological polar surface area (TPSA) is 55.1 Å². The summed E-state index contributed by atoms with van der Waals surface area (Å²) in [5.41, 5.74) is 5.93. The standard InChI is InChI=1S/C12H16Cl2N2O/c1-12(2,3)10(15)11(17)16-9-7(13)5-4-6-8(9)14/h4-6,10H,15H2,1-3H3,(H,16,17)/t10-/m0/s1. The van der Waals surface area contributed by atoms with Crippen molar-refractivity contribution in [2.75, 3.05) is 5.32 Å². The van der Waals surface area contributed by atoms with Gasteiger partial charge in [0.25, 0.3) is 0 Å². The second-order valence-electron chi connectivity index (χ2n) is 4.93. The van der Waals surface area contributed by atoms with Crippen LogP contribution in [0.25, 0.3) is 0 Å². The lowest BCUT2D eigenvalue weighted by Crippen LogP contribution is -2.45. The second kappa shape index (κ2) is 5.25. The van der Waals surface area contributed by atoms with E-state index >= 15 is 0 Å². The van der Waals surface area contributed by atoms with Crippen molar-refractivity contribution in [2.24, 2.45) is 11.1 Å². The van der Waals surface area contributed by atoms with Gasteiger partial charge in [-0.15, -0.1) is 0 Å². The highest BCUT2D eigenvalue weighted by Gasteiger charge is 2.28. The number of anilines is 1. The highest BCUT2D eigenvalue weighted by atomic mass is 35.5. The van der Waals surface area contributed by atoms with Crippen molar-refractivity contribution in [1.82, 2.24) is 0 Å². The molecule has 0 heterocycles. The summed E-state index contributed by atoms with van der Waals surface area (Å²) < 4.78 is 0. The predicted octanol–water partition coefficient (Wildman–Crippen LogP) is 3.31. The highest BCUT2D eigenvalue weighted by Crippen LogP contribution is 2.30. The van der Waals surface area contributed by atoms with Gasteiger partial charge >= 0.3 is 0 Å². The summed E-state index contributed by atoms with van der Waals surface area (Å²) in [6.45, 7) is 5.68. The molecule has 94 valence electrons. The molecular weight excluding hydrogens is 259 g/mol. The maximum absolute atomic E-state index is 11.9. The molecule has 0 saturated carbocycles. The van der Waals surface area contributed by atoms with Gasteiger partial charge in [-0.2, -0.15) is 0 Å². The fraction of sp³-hybridized carbons (Fsp3) is 0.417. The van der Waals surface area contributed by atoms with Gasteiger partial charge in [-0.3, -0.25) is 4.79 Å². The van der Waals surface area contributed by atoms with Crippen molar-refractivity contribution in [3.05, 3.63) is 28.2 Å². The minimum atomic E-state index is -0.630. The highest BCUT2D eigenvalue weighted by molar-refractivity contribution is 6.39. The van der Waals surface area contributed by atoms with Crippen LogP contribution in [-0.2, 0) is 4.79 Å². The first-order valence-corrected chi connectivity index (χ1v) is 5.99. The van der Waals surface area contributed by atoms with Crippen LogP contribution < -0.4 is 11.1 Å². The third-order valence-electron chi connectivity index (χ3n) is 2.43. The SMILES string of the molecule is CC(C)(C)[C@@H](N)C(=O)Nc1c(Cl)cccc1Cl. The van der Waals surface area contributed by atoms with Gasteiger partial charge in [0.05, 0.1) is 21.8 Å². The Hall–Kier alpha value is -0.770. The van der Waals surface area contributed by atoms with E-state index in [0.29, 0.717) is 15.7 Å². The fourth-order valence-electron chi connectivity index (χ4n) is 1.21. The van der Waals surface area contributed by atoms with E-state index in [2.05, 4.69) is 5.32 Å². The molecule has 3 N–H and O–H groups in total. The van der Waals surface area contributed by atoms with Gasteiger partial charge in [-0.05, 0) is 17.5 Å². The maximum Gasteiger partial charge on any atom is 0.241 e. The van der Waals surface area contributed by atoms with E-state index in [4.69, 9.17) is 28.9 Å². The van der Waals surface area contributed by atoms with Crippen molar-refractivity contribution >= 4 is 34.8 Å². The molecule has 17 heavy (non-hydrogen) atoms. The minimum absolute atomic E-state index is 0.299. The Morgan fingerprint density at radius 2 is 1.76 bits per heavy atom. The number of hydrogen-bond donors (Lipinski definition) is 2. The van der Waals surface area contributed by atoms with Crippen molar-refractivity contribution in [2.45, 2.75) is 26.8 Å². The van der Waals surface area contributed by atoms with Gasteiger partial charge in [0.2, 0.25) is 5.91 Å². The molecule has 5 heteroatoms. The minimum Gasteiger partial charge on any atom is -0.322 e. The molecule has 0 aliphatic carbocycles. The zero-order chi connectivity index (χ0) is 13.2. The van der Waals surface area contributed by atoms with Crippen LogP contribution in [0.1, 0.15) is 20.8 Å². The van der Waals surface area contributed by atoms with Crippen molar-refractivity contribution in [3.63, 3.8) is 0 Å². The summed E-state index contributed by atoms with van der Waals surface area (Å²) >= 11 is 11.9. The smallest absolute Gasteiger partial charge is 0.241 e. The fourth-order valence-corrected chi connectivity index (χ4v) is 1.70. The number of halogens is 2. The van der Waals surface area contributed by atoms with Crippen LogP contribution >= 0.6 is 23.2 Å². The molecule has 0 aliphatic rings. The van der Waals surface area contributed by atoms with Gasteiger partial charge < -0.3 is 11.1 Å². The number of para-hydroxylation sites is 1. The number of hydrogen-bond acceptors (Lipinski definition) is 2. The summed E-state index contributed by atoms with van der Waals surface area (Å²) in [4.78, 5) is 11.9. The van der Waals surface area contributed by atoms with Gasteiger partial charge in [0.15, 0.2) is 0 Å². The van der Waals surface area contributed by atoms with Crippen LogP contribution in [0.3, 0.4) is 0 Å². The molecule has 0 bridgehead atoms. The van der Waals surface area contributed by atoms with Crippen LogP contribution in [0.15, 0.2) is 18.2 Å². The number of carbonyl (C=O) groups is 1. The largest absolute Gasteiger partial charge is 0.322 e. The molecule has 1 aromatic carbocycles. The van der Waals surface area contributed by atoms with Gasteiger partial charge in [0.1, 0.15) is 0 Å². The molecule has 0 fully saturated rings. The first-order chi connectivity index (χ1) is 7.73. The van der Waals surface area contributed by atoms with E-state index in [1.54, 1.807) is 18.2 Å². The summed E-state index contributed by atoms with van der Waals surface area (Å²) in [6.07, 6.45) is 0. The molecule has 0 spiro atoms. The number of nitrogens with two attached hydrogens (primary N) is 1.